The molecular formula is C31H36N3O4+. The third-order valence-electron chi connectivity index (χ3n) is 7.24. The van der Waals surface area contributed by atoms with Crippen molar-refractivity contribution in [2.45, 2.75) is 65.6 Å². The number of ether oxygens (including phenoxy) is 1. The van der Waals surface area contributed by atoms with E-state index in [4.69, 9.17) is 4.74 Å². The molecule has 1 atom stereocenters. The van der Waals surface area contributed by atoms with Crippen molar-refractivity contribution in [1.29, 1.82) is 0 Å². The van der Waals surface area contributed by atoms with Crippen LogP contribution in [0.25, 0.3) is 0 Å². The summed E-state index contributed by atoms with van der Waals surface area (Å²) >= 11 is 0. The second kappa shape index (κ2) is 11.2. The number of pyridine rings is 1. The highest BCUT2D eigenvalue weighted by molar-refractivity contribution is 5.76. The van der Waals surface area contributed by atoms with Gasteiger partial charge in [0.05, 0.1) is 6.20 Å². The summed E-state index contributed by atoms with van der Waals surface area (Å²) in [6.45, 7) is 8.39. The number of quaternary nitrogens is 1. The van der Waals surface area contributed by atoms with Crippen LogP contribution >= 0.6 is 0 Å². The monoisotopic (exact) mass is 514 g/mol. The van der Waals surface area contributed by atoms with Gasteiger partial charge in [0.2, 0.25) is 0 Å². The zero-order chi connectivity index (χ0) is 27.3. The number of nitrogens with one attached hydrogen (secondary N) is 1. The predicted molar refractivity (Wildman–Crippen MR) is 146 cm³/mol. The maximum Gasteiger partial charge on any atom is 0.426 e. The molecule has 0 bridgehead atoms. The minimum atomic E-state index is -1.29. The van der Waals surface area contributed by atoms with Crippen molar-refractivity contribution >= 4 is 12.0 Å². The Labute approximate surface area is 224 Å². The van der Waals surface area contributed by atoms with Gasteiger partial charge in [0, 0.05) is 29.9 Å². The minimum absolute atomic E-state index is 0.0161. The zero-order valence-electron chi connectivity index (χ0n) is 22.5. The number of aromatic nitrogens is 1. The Morgan fingerprint density at radius 3 is 2.24 bits per heavy atom. The molecule has 3 aromatic rings. The summed E-state index contributed by atoms with van der Waals surface area (Å²) < 4.78 is 5.82. The van der Waals surface area contributed by atoms with E-state index in [1.807, 2.05) is 42.6 Å². The first kappa shape index (κ1) is 27.1. The molecule has 0 fully saturated rings. The quantitative estimate of drug-likeness (QED) is 0.304. The number of aryl methyl sites for hydroxylation is 3. The maximum absolute atomic E-state index is 13.4. The number of hydrogen-bond donors (Lipinski definition) is 2. The highest BCUT2D eigenvalue weighted by atomic mass is 16.5. The van der Waals surface area contributed by atoms with E-state index in [-0.39, 0.29) is 10.5 Å². The van der Waals surface area contributed by atoms with E-state index < -0.39 is 11.6 Å². The second-order valence-electron chi connectivity index (χ2n) is 10.6. The van der Waals surface area contributed by atoms with E-state index >= 15 is 0 Å². The number of carbonyl (C=O) groups is 2. The molecular weight excluding hydrogens is 478 g/mol. The van der Waals surface area contributed by atoms with Crippen molar-refractivity contribution in [3.8, 4) is 5.75 Å². The summed E-state index contributed by atoms with van der Waals surface area (Å²) in [5, 5.41) is 12.3. The Kier molecular flexibility index (Phi) is 7.97. The summed E-state index contributed by atoms with van der Waals surface area (Å²) in [6, 6.07) is 17.9. The van der Waals surface area contributed by atoms with E-state index in [0.29, 0.717) is 18.8 Å². The van der Waals surface area contributed by atoms with Crippen molar-refractivity contribution < 1.29 is 23.9 Å². The number of nitrogens with zero attached hydrogens (tertiary/aromatic N) is 2. The molecule has 0 saturated carbocycles. The molecule has 0 saturated heterocycles. The number of benzene rings is 2. The van der Waals surface area contributed by atoms with Gasteiger partial charge in [-0.1, -0.05) is 30.3 Å². The minimum Gasteiger partial charge on any atom is -0.478 e. The van der Waals surface area contributed by atoms with Gasteiger partial charge >= 0.3 is 12.0 Å². The van der Waals surface area contributed by atoms with Crippen LogP contribution in [0, 0.1) is 13.8 Å². The summed E-state index contributed by atoms with van der Waals surface area (Å²) in [7, 11) is 0. The van der Waals surface area contributed by atoms with E-state index in [9.17, 15) is 14.7 Å². The lowest BCUT2D eigenvalue weighted by Crippen LogP contribution is -2.49. The number of hydrogen-bond acceptors (Lipinski definition) is 4. The molecule has 2 heterocycles. The first-order chi connectivity index (χ1) is 18.1. The van der Waals surface area contributed by atoms with Crippen LogP contribution in [0.15, 0.2) is 78.9 Å². The predicted octanol–water partition coefficient (Wildman–Crippen LogP) is 6.04. The third kappa shape index (κ3) is 6.11. The van der Waals surface area contributed by atoms with Crippen molar-refractivity contribution in [1.82, 2.24) is 10.3 Å². The fourth-order valence-corrected chi connectivity index (χ4v) is 4.76. The zero-order valence-corrected chi connectivity index (χ0v) is 22.5. The first-order valence-electron chi connectivity index (χ1n) is 12.9. The van der Waals surface area contributed by atoms with Crippen LogP contribution in [0.3, 0.4) is 0 Å². The summed E-state index contributed by atoms with van der Waals surface area (Å²) in [4.78, 5) is 28.9. The Bertz CT molecular complexity index is 1330. The number of amides is 2. The van der Waals surface area contributed by atoms with Gasteiger partial charge in [-0.3, -0.25) is 10.3 Å². The van der Waals surface area contributed by atoms with Gasteiger partial charge < -0.3 is 9.84 Å². The highest BCUT2D eigenvalue weighted by Gasteiger charge is 2.45. The van der Waals surface area contributed by atoms with Crippen LogP contribution in [-0.2, 0) is 24.3 Å². The molecule has 198 valence electrons. The molecule has 7 nitrogen and oxygen atoms in total. The number of aliphatic carboxylic acids is 1. The number of carboxylic acids is 1. The van der Waals surface area contributed by atoms with Gasteiger partial charge in [0.1, 0.15) is 24.5 Å². The van der Waals surface area contributed by atoms with Gasteiger partial charge in [0.15, 0.2) is 5.60 Å². The average Bonchev–Trinajstić information content (AvgIpc) is 3.17. The van der Waals surface area contributed by atoms with Crippen LogP contribution in [0.1, 0.15) is 54.5 Å². The lowest BCUT2D eigenvalue weighted by molar-refractivity contribution is -0.837. The molecule has 7 heteroatoms. The number of allylic oxidation sites excluding steroid dienone is 1. The summed E-state index contributed by atoms with van der Waals surface area (Å²) in [5.41, 5.74) is 5.55. The largest absolute Gasteiger partial charge is 0.478 e. The standard InChI is InChI=1S/C31H35N3O4/c1-22-8-9-26(18-23(22)2)21-34(20-25-14-16-32-17-15-25)27(19-33-30(34)37)7-5-6-24-10-12-28(13-11-24)38-31(3,4)29(35)36/h8-19H,5-7,20-21H2,1-4H3,(H-,33,35,36,37)/p+1. The Hall–Kier alpha value is -3.97. The molecule has 2 aromatic carbocycles. The van der Waals surface area contributed by atoms with E-state index in [0.717, 1.165) is 41.6 Å². The topological polar surface area (TPSA) is 88.5 Å². The van der Waals surface area contributed by atoms with E-state index in [2.05, 4.69) is 42.3 Å². The Morgan fingerprint density at radius 1 is 0.921 bits per heavy atom. The normalized spacial score (nSPS) is 17.2. The molecule has 4 rings (SSSR count). The first-order valence-corrected chi connectivity index (χ1v) is 12.9. The number of carbonyl (C=O) groups excluding carboxylic acids is 1. The van der Waals surface area contributed by atoms with Crippen LogP contribution in [0.4, 0.5) is 4.79 Å². The Balaban J connectivity index is 1.49. The fourth-order valence-electron chi connectivity index (χ4n) is 4.76. The SMILES string of the molecule is Cc1ccc(C[N+]2(Cc3ccncc3)C(=O)NC=C2CCCc2ccc(OC(C)(C)C(=O)O)cc2)cc1C. The van der Waals surface area contributed by atoms with Gasteiger partial charge in [-0.2, -0.15) is 0 Å². The van der Waals surface area contributed by atoms with Crippen LogP contribution < -0.4 is 10.1 Å². The lowest BCUT2D eigenvalue weighted by atomic mass is 10.0. The molecule has 1 aliphatic rings. The lowest BCUT2D eigenvalue weighted by Gasteiger charge is -2.33. The van der Waals surface area contributed by atoms with Gasteiger partial charge in [-0.15, -0.1) is 0 Å². The Morgan fingerprint density at radius 2 is 1.58 bits per heavy atom. The van der Waals surface area contributed by atoms with Gasteiger partial charge in [-0.25, -0.2) is 14.1 Å². The van der Waals surface area contributed by atoms with Crippen molar-refractivity contribution in [3.05, 3.63) is 107 Å². The molecule has 38 heavy (non-hydrogen) atoms. The number of urea groups is 1. The van der Waals surface area contributed by atoms with Crippen LogP contribution in [0.2, 0.25) is 0 Å². The van der Waals surface area contributed by atoms with E-state index in [1.54, 1.807) is 12.4 Å². The molecule has 1 unspecified atom stereocenters. The van der Waals surface area contributed by atoms with E-state index in [1.165, 1.54) is 25.0 Å². The average molecular weight is 515 g/mol. The van der Waals surface area contributed by atoms with Gasteiger partial charge in [-0.05, 0) is 81.5 Å². The molecule has 2 N–H and O–H groups in total. The summed E-state index contributed by atoms with van der Waals surface area (Å²) in [5.74, 6) is -0.486. The smallest absolute Gasteiger partial charge is 0.426 e. The molecule has 1 aliphatic heterocycles. The van der Waals surface area contributed by atoms with Crippen molar-refractivity contribution in [3.63, 3.8) is 0 Å². The molecule has 2 amide bonds. The van der Waals surface area contributed by atoms with Crippen LogP contribution in [-0.4, -0.2) is 32.2 Å². The third-order valence-corrected chi connectivity index (χ3v) is 7.24. The van der Waals surface area contributed by atoms with Gasteiger partial charge in [0.25, 0.3) is 0 Å². The molecule has 0 aliphatic carbocycles. The highest BCUT2D eigenvalue weighted by Crippen LogP contribution is 2.34. The fraction of sp³-hybridized carbons (Fsp3) is 0.323. The molecule has 0 radical (unpaired) electrons. The molecule has 0 spiro atoms. The number of carboxylic acid groups (broad SMARTS) is 1. The maximum atomic E-state index is 13.4. The van der Waals surface area contributed by atoms with Crippen LogP contribution in [0.5, 0.6) is 5.75 Å². The van der Waals surface area contributed by atoms with Crippen molar-refractivity contribution in [2.75, 3.05) is 0 Å². The second-order valence-corrected chi connectivity index (χ2v) is 10.6. The molecule has 1 aromatic heterocycles. The number of rotatable bonds is 11. The van der Waals surface area contributed by atoms with Crippen molar-refractivity contribution in [2.24, 2.45) is 0 Å². The summed E-state index contributed by atoms with van der Waals surface area (Å²) in [6.07, 6.45) is 7.88.